The Kier molecular flexibility index (Phi) is 6.41. The van der Waals surface area contributed by atoms with Gasteiger partial charge in [0.1, 0.15) is 0 Å². The molecule has 1 amide bonds. The number of carbonyl (C=O) groups excluding carboxylic acids is 1. The molecule has 100 valence electrons. The molecule has 1 unspecified atom stereocenters. The first-order chi connectivity index (χ1) is 8.58. The second-order valence-corrected chi connectivity index (χ2v) is 5.57. The molecule has 0 aliphatic heterocycles. The van der Waals surface area contributed by atoms with Crippen molar-refractivity contribution in [2.24, 2.45) is 5.92 Å². The minimum absolute atomic E-state index is 0.0456. The van der Waals surface area contributed by atoms with E-state index < -0.39 is 0 Å². The van der Waals surface area contributed by atoms with Crippen molar-refractivity contribution in [2.75, 3.05) is 11.9 Å². The maximum absolute atomic E-state index is 12.1. The van der Waals surface area contributed by atoms with Crippen LogP contribution < -0.4 is 5.32 Å². The Bertz CT molecular complexity index is 403. The lowest BCUT2D eigenvalue weighted by Gasteiger charge is -2.15. The number of nitrogens with one attached hydrogen (secondary N) is 1. The zero-order valence-corrected chi connectivity index (χ0v) is 13.0. The van der Waals surface area contributed by atoms with Gasteiger partial charge in [-0.05, 0) is 37.8 Å². The van der Waals surface area contributed by atoms with Crippen LogP contribution in [0, 0.1) is 19.8 Å². The van der Waals surface area contributed by atoms with Crippen molar-refractivity contribution < 1.29 is 4.79 Å². The molecule has 0 aliphatic carbocycles. The smallest absolute Gasteiger partial charge is 0.251 e. The maximum Gasteiger partial charge on any atom is 0.251 e. The molecule has 1 aromatic rings. The van der Waals surface area contributed by atoms with E-state index in [9.17, 15) is 4.79 Å². The third kappa shape index (κ3) is 4.45. The average molecular weight is 312 g/mol. The van der Waals surface area contributed by atoms with Crippen molar-refractivity contribution in [3.05, 3.63) is 34.9 Å². The van der Waals surface area contributed by atoms with Gasteiger partial charge in [0.05, 0.1) is 0 Å². The predicted octanol–water partition coefficient (Wildman–Crippen LogP) is 3.84. The van der Waals surface area contributed by atoms with Crippen LogP contribution in [0.15, 0.2) is 18.2 Å². The molecular weight excluding hydrogens is 290 g/mol. The fourth-order valence-corrected chi connectivity index (χ4v) is 2.57. The van der Waals surface area contributed by atoms with Gasteiger partial charge in [0.2, 0.25) is 0 Å². The van der Waals surface area contributed by atoms with Gasteiger partial charge in [0.15, 0.2) is 0 Å². The number of carbonyl (C=O) groups is 1. The molecule has 1 N–H and O–H groups in total. The molecule has 0 aliphatic rings. The zero-order chi connectivity index (χ0) is 13.5. The summed E-state index contributed by atoms with van der Waals surface area (Å²) in [5, 5.41) is 4.03. The number of halogens is 1. The van der Waals surface area contributed by atoms with E-state index in [1.807, 2.05) is 32.0 Å². The highest BCUT2D eigenvalue weighted by molar-refractivity contribution is 9.09. The summed E-state index contributed by atoms with van der Waals surface area (Å²) < 4.78 is 0. The number of hydrogen-bond acceptors (Lipinski definition) is 1. The molecule has 3 heteroatoms. The molecule has 0 saturated carbocycles. The van der Waals surface area contributed by atoms with Crippen molar-refractivity contribution >= 4 is 21.8 Å². The van der Waals surface area contributed by atoms with Gasteiger partial charge >= 0.3 is 0 Å². The van der Waals surface area contributed by atoms with Gasteiger partial charge in [-0.25, -0.2) is 0 Å². The summed E-state index contributed by atoms with van der Waals surface area (Å²) in [6.45, 7) is 6.91. The van der Waals surface area contributed by atoms with Crippen LogP contribution in [0.1, 0.15) is 41.3 Å². The van der Waals surface area contributed by atoms with Crippen molar-refractivity contribution in [2.45, 2.75) is 33.6 Å². The lowest BCUT2D eigenvalue weighted by atomic mass is 10.0. The first-order valence-electron chi connectivity index (χ1n) is 6.49. The van der Waals surface area contributed by atoms with Crippen LogP contribution in [-0.4, -0.2) is 17.8 Å². The molecule has 0 heterocycles. The van der Waals surface area contributed by atoms with Crippen LogP contribution in [0.4, 0.5) is 0 Å². The Balaban J connectivity index is 2.62. The Morgan fingerprint density at radius 3 is 2.72 bits per heavy atom. The molecule has 0 radical (unpaired) electrons. The number of amides is 1. The second kappa shape index (κ2) is 7.57. The molecule has 0 fully saturated rings. The Hall–Kier alpha value is -0.830. The van der Waals surface area contributed by atoms with Gasteiger partial charge in [-0.3, -0.25) is 4.79 Å². The summed E-state index contributed by atoms with van der Waals surface area (Å²) in [7, 11) is 0. The summed E-state index contributed by atoms with van der Waals surface area (Å²) >= 11 is 3.45. The minimum Gasteiger partial charge on any atom is -0.352 e. The number of benzene rings is 1. The van der Waals surface area contributed by atoms with Crippen molar-refractivity contribution in [1.29, 1.82) is 0 Å². The summed E-state index contributed by atoms with van der Waals surface area (Å²) in [6, 6.07) is 5.99. The maximum atomic E-state index is 12.1. The summed E-state index contributed by atoms with van der Waals surface area (Å²) in [5.41, 5.74) is 2.95. The highest BCUT2D eigenvalue weighted by Crippen LogP contribution is 2.12. The largest absolute Gasteiger partial charge is 0.352 e. The van der Waals surface area contributed by atoms with Crippen molar-refractivity contribution in [1.82, 2.24) is 5.32 Å². The SMILES string of the molecule is CCC(CCBr)CNC(=O)c1cc(C)ccc1C. The molecule has 18 heavy (non-hydrogen) atoms. The predicted molar refractivity (Wildman–Crippen MR) is 80.4 cm³/mol. The van der Waals surface area contributed by atoms with Crippen LogP contribution in [0.3, 0.4) is 0 Å². The third-order valence-corrected chi connectivity index (χ3v) is 3.74. The molecule has 1 rings (SSSR count). The van der Waals surface area contributed by atoms with E-state index in [4.69, 9.17) is 0 Å². The van der Waals surface area contributed by atoms with Crippen molar-refractivity contribution in [3.63, 3.8) is 0 Å². The molecular formula is C15H22BrNO. The van der Waals surface area contributed by atoms with Crippen LogP contribution in [0.2, 0.25) is 0 Å². The standard InChI is InChI=1S/C15H22BrNO/c1-4-13(7-8-16)10-17-15(18)14-9-11(2)5-6-12(14)3/h5-6,9,13H,4,7-8,10H2,1-3H3,(H,17,18). The van der Waals surface area contributed by atoms with Gasteiger partial charge in [-0.1, -0.05) is 47.0 Å². The highest BCUT2D eigenvalue weighted by atomic mass is 79.9. The van der Waals surface area contributed by atoms with Crippen LogP contribution in [0.25, 0.3) is 0 Å². The van der Waals surface area contributed by atoms with Gasteiger partial charge < -0.3 is 5.32 Å². The number of aryl methyl sites for hydroxylation is 2. The van der Waals surface area contributed by atoms with Crippen LogP contribution in [-0.2, 0) is 0 Å². The summed E-state index contributed by atoms with van der Waals surface area (Å²) in [5.74, 6) is 0.600. The molecule has 0 aromatic heterocycles. The van der Waals surface area contributed by atoms with Gasteiger partial charge in [0, 0.05) is 17.4 Å². The monoisotopic (exact) mass is 311 g/mol. The highest BCUT2D eigenvalue weighted by Gasteiger charge is 2.11. The fourth-order valence-electron chi connectivity index (χ4n) is 1.92. The van der Waals surface area contributed by atoms with E-state index in [2.05, 4.69) is 28.2 Å². The molecule has 0 saturated heterocycles. The lowest BCUT2D eigenvalue weighted by molar-refractivity contribution is 0.0946. The van der Waals surface area contributed by atoms with E-state index in [0.717, 1.165) is 41.4 Å². The Morgan fingerprint density at radius 2 is 2.11 bits per heavy atom. The fraction of sp³-hybridized carbons (Fsp3) is 0.533. The molecule has 2 nitrogen and oxygen atoms in total. The van der Waals surface area contributed by atoms with E-state index in [1.54, 1.807) is 0 Å². The first kappa shape index (κ1) is 15.2. The minimum atomic E-state index is 0.0456. The molecule has 0 bridgehead atoms. The lowest BCUT2D eigenvalue weighted by Crippen LogP contribution is -2.29. The molecule has 0 spiro atoms. The van der Waals surface area contributed by atoms with Gasteiger partial charge in [-0.2, -0.15) is 0 Å². The van der Waals surface area contributed by atoms with Gasteiger partial charge in [0.25, 0.3) is 5.91 Å². The van der Waals surface area contributed by atoms with E-state index >= 15 is 0 Å². The number of rotatable bonds is 6. The number of alkyl halides is 1. The Morgan fingerprint density at radius 1 is 1.39 bits per heavy atom. The van der Waals surface area contributed by atoms with Crippen LogP contribution >= 0.6 is 15.9 Å². The second-order valence-electron chi connectivity index (χ2n) is 4.78. The van der Waals surface area contributed by atoms with Crippen LogP contribution in [0.5, 0.6) is 0 Å². The topological polar surface area (TPSA) is 29.1 Å². The molecule has 1 atom stereocenters. The average Bonchev–Trinajstić information content (AvgIpc) is 2.37. The van der Waals surface area contributed by atoms with E-state index in [0.29, 0.717) is 5.92 Å². The first-order valence-corrected chi connectivity index (χ1v) is 7.62. The van der Waals surface area contributed by atoms with Gasteiger partial charge in [-0.15, -0.1) is 0 Å². The quantitative estimate of drug-likeness (QED) is 0.794. The van der Waals surface area contributed by atoms with E-state index in [-0.39, 0.29) is 5.91 Å². The summed E-state index contributed by atoms with van der Waals surface area (Å²) in [4.78, 5) is 12.1. The zero-order valence-electron chi connectivity index (χ0n) is 11.4. The number of hydrogen-bond donors (Lipinski definition) is 1. The summed E-state index contributed by atoms with van der Waals surface area (Å²) in [6.07, 6.45) is 2.20. The molecule has 1 aromatic carbocycles. The normalized spacial score (nSPS) is 12.2. The third-order valence-electron chi connectivity index (χ3n) is 3.28. The van der Waals surface area contributed by atoms with E-state index in [1.165, 1.54) is 0 Å². The van der Waals surface area contributed by atoms with Crippen molar-refractivity contribution in [3.8, 4) is 0 Å². The Labute approximate surface area is 118 Å².